The maximum absolute atomic E-state index is 11.4. The summed E-state index contributed by atoms with van der Waals surface area (Å²) >= 11 is 3.55. The number of nitrogen functional groups attached to an aromatic ring is 1. The van der Waals surface area contributed by atoms with Gasteiger partial charge in [0.25, 0.3) is 0 Å². The van der Waals surface area contributed by atoms with Gasteiger partial charge in [-0.15, -0.1) is 0 Å². The first-order valence-electron chi connectivity index (χ1n) is 9.94. The van der Waals surface area contributed by atoms with Gasteiger partial charge in [0.15, 0.2) is 6.29 Å². The highest BCUT2D eigenvalue weighted by Crippen LogP contribution is 2.30. The van der Waals surface area contributed by atoms with Gasteiger partial charge in [-0.2, -0.15) is 0 Å². The minimum Gasteiger partial charge on any atom is -0.397 e. The number of hydrogen-bond acceptors (Lipinski definition) is 3. The summed E-state index contributed by atoms with van der Waals surface area (Å²) in [6.45, 7) is 12.6. The van der Waals surface area contributed by atoms with Gasteiger partial charge in [-0.25, -0.2) is 0 Å². The molecule has 0 atom stereocenters. The summed E-state index contributed by atoms with van der Waals surface area (Å²) in [5.41, 5.74) is 9.30. The first-order chi connectivity index (χ1) is 13.7. The van der Waals surface area contributed by atoms with Gasteiger partial charge in [0.1, 0.15) is 0 Å². The number of carbonyl (C=O) groups excluding carboxylic acids is 1. The third kappa shape index (κ3) is 6.68. The molecule has 0 aliphatic carbocycles. The molecule has 0 heterocycles. The van der Waals surface area contributed by atoms with Crippen molar-refractivity contribution in [2.45, 2.75) is 48.1 Å². The van der Waals surface area contributed by atoms with E-state index in [1.165, 1.54) is 0 Å². The number of halogens is 1. The van der Waals surface area contributed by atoms with Crippen LogP contribution in [0.3, 0.4) is 0 Å². The Kier molecular flexibility index (Phi) is 13.5. The standard InChI is InChI=1S/C18H15BrN2O.3C2H6/c19-15-9-8-12(10-21-17-7-2-1-6-16(17)20)18-13(11-22)4-3-5-14(15)18;3*1-2/h1-9,11,21H,10,20H2;3*1-2H3. The van der Waals surface area contributed by atoms with E-state index in [0.29, 0.717) is 17.8 Å². The van der Waals surface area contributed by atoms with Crippen LogP contribution in [0.25, 0.3) is 10.8 Å². The van der Waals surface area contributed by atoms with Crippen LogP contribution < -0.4 is 11.1 Å². The lowest BCUT2D eigenvalue weighted by atomic mass is 9.99. The predicted molar refractivity (Wildman–Crippen MR) is 129 cm³/mol. The highest BCUT2D eigenvalue weighted by Gasteiger charge is 2.09. The number of benzene rings is 3. The molecule has 152 valence electrons. The van der Waals surface area contributed by atoms with Crippen molar-refractivity contribution in [3.63, 3.8) is 0 Å². The number of nitrogens with one attached hydrogen (secondary N) is 1. The number of hydrogen-bond donors (Lipinski definition) is 2. The van der Waals surface area contributed by atoms with Crippen LogP contribution in [0.5, 0.6) is 0 Å². The molecular formula is C24H33BrN2O. The molecule has 0 unspecified atom stereocenters. The molecule has 0 aromatic heterocycles. The maximum atomic E-state index is 11.4. The van der Waals surface area contributed by atoms with Gasteiger partial charge in [0.05, 0.1) is 11.4 Å². The van der Waals surface area contributed by atoms with Crippen LogP contribution in [0.1, 0.15) is 57.5 Å². The van der Waals surface area contributed by atoms with Crippen molar-refractivity contribution in [3.8, 4) is 0 Å². The average Bonchev–Trinajstić information content (AvgIpc) is 2.78. The van der Waals surface area contributed by atoms with Crippen molar-refractivity contribution in [1.29, 1.82) is 0 Å². The van der Waals surface area contributed by atoms with Gasteiger partial charge in [-0.3, -0.25) is 4.79 Å². The van der Waals surface area contributed by atoms with Crippen LogP contribution in [0.4, 0.5) is 11.4 Å². The highest BCUT2D eigenvalue weighted by molar-refractivity contribution is 9.10. The fourth-order valence-electron chi connectivity index (χ4n) is 2.57. The molecule has 0 spiro atoms. The molecule has 0 saturated carbocycles. The number of rotatable bonds is 4. The molecule has 0 fully saturated rings. The quantitative estimate of drug-likeness (QED) is 0.320. The lowest BCUT2D eigenvalue weighted by Crippen LogP contribution is -2.03. The SMILES string of the molecule is CC.CC.CC.Nc1ccccc1NCc1ccc(Br)c2cccc(C=O)c12. The van der Waals surface area contributed by atoms with E-state index in [0.717, 1.165) is 32.8 Å². The number of fused-ring (bicyclic) bond motifs is 1. The molecule has 0 radical (unpaired) electrons. The lowest BCUT2D eigenvalue weighted by molar-refractivity contribution is 0.112. The monoisotopic (exact) mass is 444 g/mol. The zero-order valence-corrected chi connectivity index (χ0v) is 19.4. The normalized spacial score (nSPS) is 8.96. The fraction of sp³-hybridized carbons (Fsp3) is 0.292. The summed E-state index contributed by atoms with van der Waals surface area (Å²) in [4.78, 5) is 11.4. The van der Waals surface area contributed by atoms with Crippen molar-refractivity contribution in [2.75, 3.05) is 11.1 Å². The number of anilines is 2. The molecule has 0 amide bonds. The molecule has 0 aliphatic heterocycles. The zero-order valence-electron chi connectivity index (χ0n) is 17.8. The second kappa shape index (κ2) is 14.7. The van der Waals surface area contributed by atoms with Gasteiger partial charge < -0.3 is 11.1 Å². The third-order valence-electron chi connectivity index (χ3n) is 3.66. The van der Waals surface area contributed by atoms with Crippen molar-refractivity contribution in [2.24, 2.45) is 0 Å². The summed E-state index contributed by atoms with van der Waals surface area (Å²) < 4.78 is 0.981. The second-order valence-corrected chi connectivity index (χ2v) is 5.89. The van der Waals surface area contributed by atoms with E-state index in [1.807, 2.05) is 96.1 Å². The van der Waals surface area contributed by atoms with E-state index >= 15 is 0 Å². The third-order valence-corrected chi connectivity index (χ3v) is 4.35. The zero-order chi connectivity index (χ0) is 21.5. The molecule has 0 bridgehead atoms. The molecule has 3 aromatic rings. The number of nitrogens with two attached hydrogens (primary N) is 1. The Morgan fingerprint density at radius 2 is 1.54 bits per heavy atom. The van der Waals surface area contributed by atoms with Crippen LogP contribution in [0.15, 0.2) is 59.1 Å². The number of para-hydroxylation sites is 2. The Morgan fingerprint density at radius 1 is 0.893 bits per heavy atom. The minimum atomic E-state index is 0.600. The van der Waals surface area contributed by atoms with Gasteiger partial charge in [0, 0.05) is 16.6 Å². The van der Waals surface area contributed by atoms with Gasteiger partial charge in [-0.1, -0.05) is 93.9 Å². The Bertz CT molecular complexity index is 847. The van der Waals surface area contributed by atoms with Gasteiger partial charge in [0.2, 0.25) is 0 Å². The largest absolute Gasteiger partial charge is 0.397 e. The van der Waals surface area contributed by atoms with Crippen LogP contribution in [-0.2, 0) is 6.54 Å². The number of aldehydes is 1. The fourth-order valence-corrected chi connectivity index (χ4v) is 3.03. The lowest BCUT2D eigenvalue weighted by Gasteiger charge is -2.13. The predicted octanol–water partition coefficient (Wildman–Crippen LogP) is 7.69. The molecule has 0 aliphatic rings. The van der Waals surface area contributed by atoms with E-state index in [-0.39, 0.29) is 0 Å². The van der Waals surface area contributed by atoms with E-state index in [1.54, 1.807) is 0 Å². The molecule has 28 heavy (non-hydrogen) atoms. The van der Waals surface area contributed by atoms with Crippen LogP contribution >= 0.6 is 15.9 Å². The van der Waals surface area contributed by atoms with Gasteiger partial charge >= 0.3 is 0 Å². The Balaban J connectivity index is 0.00000111. The van der Waals surface area contributed by atoms with Crippen molar-refractivity contribution < 1.29 is 4.79 Å². The first kappa shape index (κ1) is 25.7. The van der Waals surface area contributed by atoms with Crippen molar-refractivity contribution >= 4 is 44.4 Å². The summed E-state index contributed by atoms with van der Waals surface area (Å²) in [5, 5.41) is 5.33. The van der Waals surface area contributed by atoms with Crippen LogP contribution in [0, 0.1) is 0 Å². The smallest absolute Gasteiger partial charge is 0.150 e. The average molecular weight is 445 g/mol. The molecule has 3 nitrogen and oxygen atoms in total. The molecule has 3 N–H and O–H groups in total. The van der Waals surface area contributed by atoms with E-state index in [4.69, 9.17) is 5.73 Å². The second-order valence-electron chi connectivity index (χ2n) is 5.03. The Morgan fingerprint density at radius 3 is 2.14 bits per heavy atom. The van der Waals surface area contributed by atoms with Crippen LogP contribution in [0.2, 0.25) is 0 Å². The van der Waals surface area contributed by atoms with E-state index < -0.39 is 0 Å². The van der Waals surface area contributed by atoms with E-state index in [2.05, 4.69) is 21.2 Å². The minimum absolute atomic E-state index is 0.600. The maximum Gasteiger partial charge on any atom is 0.150 e. The summed E-state index contributed by atoms with van der Waals surface area (Å²) in [6, 6.07) is 17.4. The van der Waals surface area contributed by atoms with E-state index in [9.17, 15) is 4.79 Å². The molecule has 3 aromatic carbocycles. The topological polar surface area (TPSA) is 55.1 Å². The van der Waals surface area contributed by atoms with Crippen molar-refractivity contribution in [1.82, 2.24) is 0 Å². The summed E-state index contributed by atoms with van der Waals surface area (Å²) in [6.07, 6.45) is 0.898. The Labute approximate surface area is 178 Å². The Hall–Kier alpha value is -2.33. The first-order valence-corrected chi connectivity index (χ1v) is 10.7. The highest BCUT2D eigenvalue weighted by atomic mass is 79.9. The number of carbonyl (C=O) groups is 1. The van der Waals surface area contributed by atoms with Gasteiger partial charge in [-0.05, 0) is 34.5 Å². The molecule has 4 heteroatoms. The molecule has 3 rings (SSSR count). The van der Waals surface area contributed by atoms with Crippen LogP contribution in [-0.4, -0.2) is 6.29 Å². The molecule has 0 saturated heterocycles. The van der Waals surface area contributed by atoms with Crippen molar-refractivity contribution in [3.05, 3.63) is 70.2 Å². The molecular weight excluding hydrogens is 412 g/mol. The summed E-state index contributed by atoms with van der Waals surface area (Å²) in [5.74, 6) is 0. The summed E-state index contributed by atoms with van der Waals surface area (Å²) in [7, 11) is 0.